The summed E-state index contributed by atoms with van der Waals surface area (Å²) in [5, 5.41) is 3.59. The summed E-state index contributed by atoms with van der Waals surface area (Å²) >= 11 is 0. The molecular weight excluding hydrogens is 354 g/mol. The van der Waals surface area contributed by atoms with Crippen molar-refractivity contribution in [2.45, 2.75) is 38.6 Å². The van der Waals surface area contributed by atoms with Crippen LogP contribution in [0.15, 0.2) is 24.5 Å². The zero-order valence-corrected chi connectivity index (χ0v) is 16.7. The van der Waals surface area contributed by atoms with E-state index < -0.39 is 0 Å². The van der Waals surface area contributed by atoms with Crippen LogP contribution >= 0.6 is 0 Å². The smallest absolute Gasteiger partial charge is 0.227 e. The molecule has 28 heavy (non-hydrogen) atoms. The standard InChI is InChI=1S/C20H29N7O/c1-15(2)19-21-8-4-18(25-19)26-9-5-16(6-10-26)23-17-3-7-22-20(24-17)27-11-13-28-14-12-27/h3-4,7-8,15-16H,5-6,9-14H2,1-2H3,(H,22,23,24). The first-order valence-electron chi connectivity index (χ1n) is 10.2. The van der Waals surface area contributed by atoms with Crippen LogP contribution in [0.2, 0.25) is 0 Å². The minimum atomic E-state index is 0.345. The third-order valence-corrected chi connectivity index (χ3v) is 5.28. The number of morpholine rings is 1. The van der Waals surface area contributed by atoms with E-state index in [2.05, 4.69) is 38.9 Å². The second-order valence-electron chi connectivity index (χ2n) is 7.67. The van der Waals surface area contributed by atoms with Gasteiger partial charge in [-0.25, -0.2) is 15.0 Å². The highest BCUT2D eigenvalue weighted by Crippen LogP contribution is 2.22. The third kappa shape index (κ3) is 4.49. The molecule has 0 spiro atoms. The molecule has 0 radical (unpaired) electrons. The summed E-state index contributed by atoms with van der Waals surface area (Å²) in [6.07, 6.45) is 5.81. The zero-order chi connectivity index (χ0) is 19.3. The Morgan fingerprint density at radius 3 is 2.46 bits per heavy atom. The molecule has 0 bridgehead atoms. The molecule has 4 heterocycles. The molecule has 2 saturated heterocycles. The first-order chi connectivity index (χ1) is 13.7. The summed E-state index contributed by atoms with van der Waals surface area (Å²) in [5.41, 5.74) is 0. The van der Waals surface area contributed by atoms with Gasteiger partial charge in [-0.05, 0) is 25.0 Å². The number of hydrogen-bond acceptors (Lipinski definition) is 8. The summed E-state index contributed by atoms with van der Waals surface area (Å²) in [6, 6.07) is 4.38. The Kier molecular flexibility index (Phi) is 5.85. The molecule has 2 aliphatic heterocycles. The Bertz CT molecular complexity index is 771. The van der Waals surface area contributed by atoms with Crippen molar-refractivity contribution < 1.29 is 4.74 Å². The Morgan fingerprint density at radius 1 is 0.964 bits per heavy atom. The molecule has 1 N–H and O–H groups in total. The molecule has 150 valence electrons. The van der Waals surface area contributed by atoms with Gasteiger partial charge in [-0.3, -0.25) is 0 Å². The fourth-order valence-corrected chi connectivity index (χ4v) is 3.62. The van der Waals surface area contributed by atoms with E-state index in [4.69, 9.17) is 14.7 Å². The first-order valence-corrected chi connectivity index (χ1v) is 10.2. The lowest BCUT2D eigenvalue weighted by atomic mass is 10.1. The number of nitrogens with zero attached hydrogens (tertiary/aromatic N) is 6. The van der Waals surface area contributed by atoms with Crippen LogP contribution in [0.3, 0.4) is 0 Å². The van der Waals surface area contributed by atoms with Crippen LogP contribution in [0, 0.1) is 0 Å². The molecule has 0 aromatic carbocycles. The molecule has 0 unspecified atom stereocenters. The normalized spacial score (nSPS) is 18.5. The van der Waals surface area contributed by atoms with Gasteiger partial charge in [0.1, 0.15) is 17.5 Å². The predicted octanol–water partition coefficient (Wildman–Crippen LogP) is 2.31. The van der Waals surface area contributed by atoms with Crippen LogP contribution < -0.4 is 15.1 Å². The van der Waals surface area contributed by atoms with Crippen LogP contribution in [0.25, 0.3) is 0 Å². The van der Waals surface area contributed by atoms with E-state index in [1.165, 1.54) is 0 Å². The first kappa shape index (κ1) is 18.9. The van der Waals surface area contributed by atoms with Gasteiger partial charge < -0.3 is 19.9 Å². The Labute approximate surface area is 166 Å². The molecule has 2 aromatic heterocycles. The van der Waals surface area contributed by atoms with Crippen molar-refractivity contribution in [3.8, 4) is 0 Å². The maximum absolute atomic E-state index is 5.41. The summed E-state index contributed by atoms with van der Waals surface area (Å²) in [7, 11) is 0. The van der Waals surface area contributed by atoms with Crippen molar-refractivity contribution in [1.29, 1.82) is 0 Å². The Hall–Kier alpha value is -2.48. The highest BCUT2D eigenvalue weighted by Gasteiger charge is 2.21. The van der Waals surface area contributed by atoms with E-state index in [9.17, 15) is 0 Å². The predicted molar refractivity (Wildman–Crippen MR) is 110 cm³/mol. The fraction of sp³-hybridized carbons (Fsp3) is 0.600. The van der Waals surface area contributed by atoms with Crippen LogP contribution in [-0.4, -0.2) is 65.4 Å². The minimum absolute atomic E-state index is 0.345. The van der Waals surface area contributed by atoms with Gasteiger partial charge in [-0.1, -0.05) is 13.8 Å². The maximum atomic E-state index is 5.41. The van der Waals surface area contributed by atoms with E-state index in [0.29, 0.717) is 12.0 Å². The molecule has 0 aliphatic carbocycles. The van der Waals surface area contributed by atoms with E-state index in [-0.39, 0.29) is 0 Å². The van der Waals surface area contributed by atoms with Gasteiger partial charge in [0.15, 0.2) is 0 Å². The number of anilines is 3. The van der Waals surface area contributed by atoms with Gasteiger partial charge in [0.05, 0.1) is 13.2 Å². The monoisotopic (exact) mass is 383 g/mol. The zero-order valence-electron chi connectivity index (χ0n) is 16.7. The van der Waals surface area contributed by atoms with Crippen molar-refractivity contribution in [2.75, 3.05) is 54.5 Å². The van der Waals surface area contributed by atoms with Gasteiger partial charge in [-0.2, -0.15) is 4.98 Å². The van der Waals surface area contributed by atoms with E-state index in [1.807, 2.05) is 24.5 Å². The summed E-state index contributed by atoms with van der Waals surface area (Å²) < 4.78 is 5.41. The molecule has 0 atom stereocenters. The molecule has 0 amide bonds. The number of nitrogens with one attached hydrogen (secondary N) is 1. The molecule has 2 fully saturated rings. The molecule has 2 aliphatic rings. The van der Waals surface area contributed by atoms with Crippen molar-refractivity contribution in [3.63, 3.8) is 0 Å². The highest BCUT2D eigenvalue weighted by molar-refractivity contribution is 5.43. The number of piperidine rings is 1. The lowest BCUT2D eigenvalue weighted by Crippen LogP contribution is -2.40. The topological polar surface area (TPSA) is 79.3 Å². The lowest BCUT2D eigenvalue weighted by molar-refractivity contribution is 0.122. The average Bonchev–Trinajstić information content (AvgIpc) is 2.75. The molecule has 4 rings (SSSR count). The lowest BCUT2D eigenvalue weighted by Gasteiger charge is -2.33. The summed E-state index contributed by atoms with van der Waals surface area (Å²) in [5.74, 6) is 3.98. The molecule has 0 saturated carbocycles. The van der Waals surface area contributed by atoms with Gasteiger partial charge in [0.25, 0.3) is 0 Å². The highest BCUT2D eigenvalue weighted by atomic mass is 16.5. The molecule has 8 nitrogen and oxygen atoms in total. The van der Waals surface area contributed by atoms with Gasteiger partial charge in [-0.15, -0.1) is 0 Å². The third-order valence-electron chi connectivity index (χ3n) is 5.28. The second kappa shape index (κ2) is 8.68. The Balaban J connectivity index is 1.34. The second-order valence-corrected chi connectivity index (χ2v) is 7.67. The number of ether oxygens (including phenoxy) is 1. The SMILES string of the molecule is CC(C)c1nccc(N2CCC(Nc3ccnc(N4CCOCC4)n3)CC2)n1. The summed E-state index contributed by atoms with van der Waals surface area (Å²) in [6.45, 7) is 9.38. The van der Waals surface area contributed by atoms with Gasteiger partial charge in [0, 0.05) is 50.5 Å². The van der Waals surface area contributed by atoms with Crippen LogP contribution in [0.1, 0.15) is 38.4 Å². The van der Waals surface area contributed by atoms with Crippen molar-refractivity contribution in [1.82, 2.24) is 19.9 Å². The number of aromatic nitrogens is 4. The minimum Gasteiger partial charge on any atom is -0.378 e. The average molecular weight is 384 g/mol. The molecule has 2 aromatic rings. The van der Waals surface area contributed by atoms with Gasteiger partial charge >= 0.3 is 0 Å². The number of rotatable bonds is 5. The van der Waals surface area contributed by atoms with E-state index in [0.717, 1.165) is 75.6 Å². The van der Waals surface area contributed by atoms with Gasteiger partial charge in [0.2, 0.25) is 5.95 Å². The quantitative estimate of drug-likeness (QED) is 0.843. The van der Waals surface area contributed by atoms with Crippen molar-refractivity contribution >= 4 is 17.6 Å². The molecular formula is C20H29N7O. The largest absolute Gasteiger partial charge is 0.378 e. The van der Waals surface area contributed by atoms with Crippen molar-refractivity contribution in [3.05, 3.63) is 30.4 Å². The van der Waals surface area contributed by atoms with Crippen molar-refractivity contribution in [2.24, 2.45) is 0 Å². The van der Waals surface area contributed by atoms with E-state index >= 15 is 0 Å². The van der Waals surface area contributed by atoms with Crippen LogP contribution in [-0.2, 0) is 4.74 Å². The maximum Gasteiger partial charge on any atom is 0.227 e. The summed E-state index contributed by atoms with van der Waals surface area (Å²) in [4.78, 5) is 22.8. The Morgan fingerprint density at radius 2 is 1.71 bits per heavy atom. The van der Waals surface area contributed by atoms with Crippen LogP contribution in [0.5, 0.6) is 0 Å². The van der Waals surface area contributed by atoms with Crippen LogP contribution in [0.4, 0.5) is 17.6 Å². The molecule has 8 heteroatoms. The number of hydrogen-bond donors (Lipinski definition) is 1. The fourth-order valence-electron chi connectivity index (χ4n) is 3.62. The van der Waals surface area contributed by atoms with E-state index in [1.54, 1.807) is 0 Å².